The maximum Gasteiger partial charge on any atom is 0.0709 e. The summed E-state index contributed by atoms with van der Waals surface area (Å²) in [5.41, 5.74) is 13.3. The summed E-state index contributed by atoms with van der Waals surface area (Å²) in [5, 5.41) is 2.32. The highest BCUT2D eigenvalue weighted by Crippen LogP contribution is 2.40. The van der Waals surface area contributed by atoms with E-state index in [-0.39, 0.29) is 0 Å². The zero-order chi connectivity index (χ0) is 30.0. The van der Waals surface area contributed by atoms with Gasteiger partial charge in [-0.1, -0.05) is 91.0 Å². The quantitative estimate of drug-likeness (QED) is 0.200. The van der Waals surface area contributed by atoms with Gasteiger partial charge >= 0.3 is 0 Å². The molecule has 5 aromatic carbocycles. The maximum atomic E-state index is 4.86. The van der Waals surface area contributed by atoms with E-state index in [0.717, 1.165) is 50.5 Å². The van der Waals surface area contributed by atoms with Gasteiger partial charge in [-0.3, -0.25) is 9.97 Å². The van der Waals surface area contributed by atoms with Gasteiger partial charge in [-0.05, 0) is 96.4 Å². The molecule has 0 aliphatic rings. The van der Waals surface area contributed by atoms with Crippen LogP contribution in [0.5, 0.6) is 0 Å². The Bertz CT molecular complexity index is 2110. The first-order chi connectivity index (χ1) is 21.5. The monoisotopic (exact) mass is 567 g/mol. The standard InChI is InChI=1S/C41H33N3/c1-28-19-20-29(2)41(21-28)44(36-17-9-15-33(22-36)39-24-32-13-7-8-14-35(32)27-43-39)37-18-10-16-34(23-37)40-25-38(30(3)26-42-40)31-11-5-4-6-12-31/h4-27H,1-3H3. The molecular weight excluding hydrogens is 534 g/mol. The molecule has 0 bridgehead atoms. The molecule has 212 valence electrons. The third-order valence-electron chi connectivity index (χ3n) is 8.22. The van der Waals surface area contributed by atoms with Crippen LogP contribution in [0, 0.1) is 20.8 Å². The molecule has 0 saturated heterocycles. The van der Waals surface area contributed by atoms with Crippen molar-refractivity contribution >= 4 is 27.8 Å². The molecule has 0 atom stereocenters. The molecule has 0 spiro atoms. The Balaban J connectivity index is 1.35. The molecule has 0 aliphatic carbocycles. The number of anilines is 3. The third kappa shape index (κ3) is 5.36. The lowest BCUT2D eigenvalue weighted by Gasteiger charge is -2.28. The first kappa shape index (κ1) is 27.3. The molecule has 7 rings (SSSR count). The molecule has 2 aromatic heterocycles. The third-order valence-corrected chi connectivity index (χ3v) is 8.22. The van der Waals surface area contributed by atoms with Crippen LogP contribution in [0.15, 0.2) is 146 Å². The summed E-state index contributed by atoms with van der Waals surface area (Å²) < 4.78 is 0. The summed E-state index contributed by atoms with van der Waals surface area (Å²) in [4.78, 5) is 12.0. The van der Waals surface area contributed by atoms with Crippen molar-refractivity contribution in [1.82, 2.24) is 9.97 Å². The van der Waals surface area contributed by atoms with Gasteiger partial charge in [-0.15, -0.1) is 0 Å². The highest BCUT2D eigenvalue weighted by molar-refractivity contribution is 5.87. The Morgan fingerprint density at radius 1 is 0.455 bits per heavy atom. The number of pyridine rings is 2. The highest BCUT2D eigenvalue weighted by Gasteiger charge is 2.17. The van der Waals surface area contributed by atoms with Gasteiger partial charge in [-0.2, -0.15) is 0 Å². The largest absolute Gasteiger partial charge is 0.310 e. The van der Waals surface area contributed by atoms with Crippen molar-refractivity contribution in [2.75, 3.05) is 4.90 Å². The van der Waals surface area contributed by atoms with Gasteiger partial charge in [0.1, 0.15) is 0 Å². The van der Waals surface area contributed by atoms with Crippen LogP contribution in [0.4, 0.5) is 17.1 Å². The summed E-state index contributed by atoms with van der Waals surface area (Å²) in [5.74, 6) is 0. The van der Waals surface area contributed by atoms with Gasteiger partial charge in [0.2, 0.25) is 0 Å². The van der Waals surface area contributed by atoms with E-state index in [1.54, 1.807) is 0 Å². The molecule has 0 saturated carbocycles. The zero-order valence-electron chi connectivity index (χ0n) is 25.2. The number of aryl methyl sites for hydroxylation is 3. The fourth-order valence-electron chi connectivity index (χ4n) is 5.85. The van der Waals surface area contributed by atoms with Crippen LogP contribution in [-0.4, -0.2) is 9.97 Å². The fourth-order valence-corrected chi connectivity index (χ4v) is 5.85. The van der Waals surface area contributed by atoms with Crippen LogP contribution in [-0.2, 0) is 0 Å². The van der Waals surface area contributed by atoms with E-state index >= 15 is 0 Å². The predicted octanol–water partition coefficient (Wildman–Crippen LogP) is 11.0. The van der Waals surface area contributed by atoms with E-state index in [2.05, 4.69) is 159 Å². The number of rotatable bonds is 6. The first-order valence-electron chi connectivity index (χ1n) is 15.0. The van der Waals surface area contributed by atoms with Crippen molar-refractivity contribution in [3.63, 3.8) is 0 Å². The van der Waals surface area contributed by atoms with Crippen LogP contribution in [0.3, 0.4) is 0 Å². The maximum absolute atomic E-state index is 4.86. The highest BCUT2D eigenvalue weighted by atomic mass is 15.1. The van der Waals surface area contributed by atoms with Crippen molar-refractivity contribution in [2.45, 2.75) is 20.8 Å². The van der Waals surface area contributed by atoms with Crippen molar-refractivity contribution in [2.24, 2.45) is 0 Å². The second-order valence-corrected chi connectivity index (χ2v) is 11.4. The van der Waals surface area contributed by atoms with Gasteiger partial charge in [0.25, 0.3) is 0 Å². The van der Waals surface area contributed by atoms with E-state index in [0.29, 0.717) is 0 Å². The minimum absolute atomic E-state index is 0.950. The van der Waals surface area contributed by atoms with E-state index in [1.807, 2.05) is 12.4 Å². The second kappa shape index (κ2) is 11.6. The molecular formula is C41H33N3. The number of nitrogens with zero attached hydrogens (tertiary/aromatic N) is 3. The van der Waals surface area contributed by atoms with Crippen LogP contribution in [0.2, 0.25) is 0 Å². The van der Waals surface area contributed by atoms with E-state index in [9.17, 15) is 0 Å². The first-order valence-corrected chi connectivity index (χ1v) is 15.0. The Hall–Kier alpha value is -5.54. The van der Waals surface area contributed by atoms with Crippen LogP contribution in [0.25, 0.3) is 44.4 Å². The predicted molar refractivity (Wildman–Crippen MR) is 185 cm³/mol. The van der Waals surface area contributed by atoms with Crippen LogP contribution < -0.4 is 4.90 Å². The van der Waals surface area contributed by atoms with E-state index in [1.165, 1.54) is 27.6 Å². The number of hydrogen-bond donors (Lipinski definition) is 0. The van der Waals surface area contributed by atoms with Crippen molar-refractivity contribution in [3.05, 3.63) is 163 Å². The summed E-state index contributed by atoms with van der Waals surface area (Å²) in [6.07, 6.45) is 3.94. The molecule has 0 fully saturated rings. The number of benzene rings is 5. The number of hydrogen-bond acceptors (Lipinski definition) is 3. The average molecular weight is 568 g/mol. The summed E-state index contributed by atoms with van der Waals surface area (Å²) in [7, 11) is 0. The molecule has 3 nitrogen and oxygen atoms in total. The summed E-state index contributed by atoms with van der Waals surface area (Å²) in [6.45, 7) is 6.44. The second-order valence-electron chi connectivity index (χ2n) is 11.4. The van der Waals surface area contributed by atoms with Gasteiger partial charge < -0.3 is 4.90 Å². The molecule has 0 amide bonds. The molecule has 0 unspecified atom stereocenters. The lowest BCUT2D eigenvalue weighted by molar-refractivity contribution is 1.23. The molecule has 2 heterocycles. The van der Waals surface area contributed by atoms with E-state index in [4.69, 9.17) is 9.97 Å². The zero-order valence-corrected chi connectivity index (χ0v) is 25.2. The summed E-state index contributed by atoms with van der Waals surface area (Å²) >= 11 is 0. The topological polar surface area (TPSA) is 29.0 Å². The van der Waals surface area contributed by atoms with Crippen molar-refractivity contribution < 1.29 is 0 Å². The summed E-state index contributed by atoms with van der Waals surface area (Å²) in [6, 6.07) is 47.3. The van der Waals surface area contributed by atoms with E-state index < -0.39 is 0 Å². The fraction of sp³-hybridized carbons (Fsp3) is 0.0732. The molecule has 44 heavy (non-hydrogen) atoms. The number of aromatic nitrogens is 2. The molecule has 0 radical (unpaired) electrons. The van der Waals surface area contributed by atoms with Crippen molar-refractivity contribution in [1.29, 1.82) is 0 Å². The van der Waals surface area contributed by atoms with Gasteiger partial charge in [0, 0.05) is 46.0 Å². The van der Waals surface area contributed by atoms with Crippen molar-refractivity contribution in [3.8, 4) is 33.6 Å². The molecule has 7 aromatic rings. The Morgan fingerprint density at radius 2 is 1.07 bits per heavy atom. The Kier molecular flexibility index (Phi) is 7.21. The molecule has 0 N–H and O–H groups in total. The molecule has 0 aliphatic heterocycles. The normalized spacial score (nSPS) is 11.1. The average Bonchev–Trinajstić information content (AvgIpc) is 3.07. The van der Waals surface area contributed by atoms with Gasteiger partial charge in [0.15, 0.2) is 0 Å². The number of fused-ring (bicyclic) bond motifs is 1. The Morgan fingerprint density at radius 3 is 1.80 bits per heavy atom. The van der Waals surface area contributed by atoms with Crippen LogP contribution >= 0.6 is 0 Å². The minimum atomic E-state index is 0.950. The van der Waals surface area contributed by atoms with Crippen LogP contribution in [0.1, 0.15) is 16.7 Å². The lowest BCUT2D eigenvalue weighted by Crippen LogP contribution is -2.12. The smallest absolute Gasteiger partial charge is 0.0709 e. The van der Waals surface area contributed by atoms with Gasteiger partial charge in [0.05, 0.1) is 11.4 Å². The molecule has 3 heteroatoms. The SMILES string of the molecule is Cc1ccc(C)c(N(c2cccc(-c3cc(-c4ccccc4)c(C)cn3)c2)c2cccc(-c3cc4ccccc4cn3)c2)c1. The lowest BCUT2D eigenvalue weighted by atomic mass is 9.99. The van der Waals surface area contributed by atoms with Gasteiger partial charge in [-0.25, -0.2) is 0 Å². The Labute approximate surface area is 259 Å². The minimum Gasteiger partial charge on any atom is -0.310 e.